The molecule has 2 atom stereocenters. The molecular formula is C30H50N2O4. The Morgan fingerprint density at radius 3 is 2.50 bits per heavy atom. The van der Waals surface area contributed by atoms with Crippen LogP contribution in [0.3, 0.4) is 0 Å². The lowest BCUT2D eigenvalue weighted by Gasteiger charge is -2.37. The van der Waals surface area contributed by atoms with Crippen molar-refractivity contribution in [2.75, 3.05) is 39.4 Å². The minimum absolute atomic E-state index is 0.176. The van der Waals surface area contributed by atoms with Crippen LogP contribution in [0, 0.1) is 11.8 Å². The Hall–Kier alpha value is -1.47. The fourth-order valence-corrected chi connectivity index (χ4v) is 5.51. The van der Waals surface area contributed by atoms with Crippen molar-refractivity contribution in [2.45, 2.75) is 97.5 Å². The number of aliphatic hydroxyl groups excluding tert-OH is 1. The van der Waals surface area contributed by atoms with Crippen molar-refractivity contribution < 1.29 is 19.4 Å². The van der Waals surface area contributed by atoms with Crippen LogP contribution >= 0.6 is 0 Å². The normalized spacial score (nSPS) is 24.6. The van der Waals surface area contributed by atoms with E-state index in [1.165, 1.54) is 17.6 Å². The van der Waals surface area contributed by atoms with Gasteiger partial charge in [0.05, 0.1) is 12.2 Å². The van der Waals surface area contributed by atoms with Gasteiger partial charge in [0.2, 0.25) is 12.3 Å². The van der Waals surface area contributed by atoms with Gasteiger partial charge in [0.15, 0.2) is 0 Å². The number of likely N-dealkylation sites (tertiary alicyclic amines) is 2. The molecule has 1 N–H and O–H groups in total. The number of hydrogen-bond donors (Lipinski definition) is 1. The summed E-state index contributed by atoms with van der Waals surface area (Å²) in [6.45, 7) is 12.9. The van der Waals surface area contributed by atoms with E-state index >= 15 is 0 Å². The highest BCUT2D eigenvalue weighted by Crippen LogP contribution is 2.30. The number of hydrogen-bond acceptors (Lipinski definition) is 5. The first kappa shape index (κ1) is 29.1. The van der Waals surface area contributed by atoms with Crippen LogP contribution in [0.5, 0.6) is 0 Å². The molecule has 0 radical (unpaired) electrons. The minimum Gasteiger partial charge on any atom is -0.377 e. The molecule has 1 aliphatic carbocycles. The summed E-state index contributed by atoms with van der Waals surface area (Å²) >= 11 is 0. The maximum absolute atomic E-state index is 13.0. The van der Waals surface area contributed by atoms with Gasteiger partial charge in [-0.1, -0.05) is 24.3 Å². The molecule has 0 saturated carbocycles. The van der Waals surface area contributed by atoms with E-state index in [4.69, 9.17) is 9.47 Å². The van der Waals surface area contributed by atoms with Crippen molar-refractivity contribution in [3.63, 3.8) is 0 Å². The lowest BCUT2D eigenvalue weighted by Crippen LogP contribution is -2.46. The number of carbonyl (C=O) groups excluding carboxylic acids is 1. The number of carbonyl (C=O) groups is 1. The van der Waals surface area contributed by atoms with Gasteiger partial charge in [-0.2, -0.15) is 0 Å². The van der Waals surface area contributed by atoms with E-state index in [-0.39, 0.29) is 11.5 Å². The van der Waals surface area contributed by atoms with Gasteiger partial charge in [0.25, 0.3) is 0 Å². The summed E-state index contributed by atoms with van der Waals surface area (Å²) in [6.07, 6.45) is 17.5. The van der Waals surface area contributed by atoms with E-state index in [0.29, 0.717) is 18.4 Å². The number of rotatable bonds is 9. The Balaban J connectivity index is 1.35. The Labute approximate surface area is 219 Å². The number of piperidine rings is 2. The van der Waals surface area contributed by atoms with E-state index < -0.39 is 6.41 Å². The smallest absolute Gasteiger partial charge is 0.225 e. The van der Waals surface area contributed by atoms with E-state index in [1.54, 1.807) is 0 Å². The fourth-order valence-electron chi connectivity index (χ4n) is 5.51. The zero-order valence-corrected chi connectivity index (χ0v) is 23.2. The summed E-state index contributed by atoms with van der Waals surface area (Å²) in [7, 11) is 0. The molecule has 1 unspecified atom stereocenters. The highest BCUT2D eigenvalue weighted by Gasteiger charge is 2.28. The summed E-state index contributed by atoms with van der Waals surface area (Å²) in [5.41, 5.74) is 2.27. The highest BCUT2D eigenvalue weighted by molar-refractivity contribution is 5.79. The molecule has 2 aliphatic heterocycles. The van der Waals surface area contributed by atoms with Gasteiger partial charge in [-0.3, -0.25) is 9.69 Å². The average molecular weight is 503 g/mol. The van der Waals surface area contributed by atoms with Crippen LogP contribution in [0.2, 0.25) is 0 Å². The molecule has 36 heavy (non-hydrogen) atoms. The predicted molar refractivity (Wildman–Crippen MR) is 145 cm³/mol. The quantitative estimate of drug-likeness (QED) is 0.259. The molecule has 2 fully saturated rings. The third-order valence-corrected chi connectivity index (χ3v) is 7.65. The Morgan fingerprint density at radius 1 is 1.11 bits per heavy atom. The van der Waals surface area contributed by atoms with Crippen molar-refractivity contribution >= 4 is 5.91 Å². The van der Waals surface area contributed by atoms with Gasteiger partial charge in [0.1, 0.15) is 0 Å². The van der Waals surface area contributed by atoms with Gasteiger partial charge < -0.3 is 19.5 Å². The molecule has 3 rings (SSSR count). The molecule has 0 aromatic carbocycles. The third kappa shape index (κ3) is 9.44. The fraction of sp³-hybridized carbons (Fsp3) is 0.767. The second kappa shape index (κ2) is 14.5. The first-order valence-corrected chi connectivity index (χ1v) is 14.3. The van der Waals surface area contributed by atoms with Crippen LogP contribution in [0.4, 0.5) is 0 Å². The van der Waals surface area contributed by atoms with Crippen LogP contribution < -0.4 is 0 Å². The van der Waals surface area contributed by atoms with E-state index in [9.17, 15) is 9.90 Å². The Kier molecular flexibility index (Phi) is 11.7. The summed E-state index contributed by atoms with van der Waals surface area (Å²) in [5.74, 6) is 1.09. The first-order chi connectivity index (χ1) is 17.3. The number of amides is 1. The molecule has 1 amide bonds. The lowest BCUT2D eigenvalue weighted by molar-refractivity contribution is -0.243. The average Bonchev–Trinajstić information content (AvgIpc) is 3.12. The Morgan fingerprint density at radius 2 is 1.83 bits per heavy atom. The minimum atomic E-state index is -0.828. The molecule has 204 valence electrons. The van der Waals surface area contributed by atoms with Crippen LogP contribution in [0.25, 0.3) is 0 Å². The van der Waals surface area contributed by atoms with E-state index in [1.807, 2.05) is 25.7 Å². The van der Waals surface area contributed by atoms with Crippen molar-refractivity contribution in [3.05, 3.63) is 35.5 Å². The maximum atomic E-state index is 13.0. The molecule has 3 aliphatic rings. The van der Waals surface area contributed by atoms with Gasteiger partial charge in [-0.15, -0.1) is 0 Å². The van der Waals surface area contributed by atoms with E-state index in [2.05, 4.69) is 36.1 Å². The van der Waals surface area contributed by atoms with Gasteiger partial charge in [-0.25, -0.2) is 0 Å². The largest absolute Gasteiger partial charge is 0.377 e. The van der Waals surface area contributed by atoms with Crippen LogP contribution in [-0.4, -0.2) is 72.2 Å². The number of ether oxygens (including phenoxy) is 2. The lowest BCUT2D eigenvalue weighted by atomic mass is 9.94. The molecular weight excluding hydrogens is 452 g/mol. The van der Waals surface area contributed by atoms with Crippen LogP contribution in [-0.2, 0) is 14.3 Å². The second-order valence-corrected chi connectivity index (χ2v) is 11.6. The molecule has 2 heterocycles. The van der Waals surface area contributed by atoms with Gasteiger partial charge in [0, 0.05) is 38.7 Å². The predicted octanol–water partition coefficient (Wildman–Crippen LogP) is 5.44. The van der Waals surface area contributed by atoms with E-state index in [0.717, 1.165) is 84.2 Å². The second-order valence-electron chi connectivity index (χ2n) is 11.6. The van der Waals surface area contributed by atoms with Crippen LogP contribution in [0.1, 0.15) is 85.5 Å². The zero-order chi connectivity index (χ0) is 26.0. The molecule has 0 bridgehead atoms. The topological polar surface area (TPSA) is 62.2 Å². The van der Waals surface area contributed by atoms with Crippen molar-refractivity contribution in [3.8, 4) is 0 Å². The number of aliphatic hydroxyl groups is 1. The van der Waals surface area contributed by atoms with Gasteiger partial charge >= 0.3 is 0 Å². The van der Waals surface area contributed by atoms with Crippen molar-refractivity contribution in [1.29, 1.82) is 0 Å². The molecule has 0 aromatic heterocycles. The van der Waals surface area contributed by atoms with Crippen molar-refractivity contribution in [2.24, 2.45) is 11.8 Å². The summed E-state index contributed by atoms with van der Waals surface area (Å²) < 4.78 is 11.7. The SMILES string of the molecule is C/C=C(\C=C/COCC1CCN([C@@H](O)OC(C)(C)C)CC1)C1=CCCC(C(=O)N2CCCCC2)CC1. The molecule has 2 saturated heterocycles. The zero-order valence-electron chi connectivity index (χ0n) is 23.2. The Bertz CT molecular complexity index is 768. The van der Waals surface area contributed by atoms with Crippen molar-refractivity contribution in [1.82, 2.24) is 9.80 Å². The molecule has 6 nitrogen and oxygen atoms in total. The first-order valence-electron chi connectivity index (χ1n) is 14.3. The maximum Gasteiger partial charge on any atom is 0.225 e. The summed E-state index contributed by atoms with van der Waals surface area (Å²) in [4.78, 5) is 17.1. The third-order valence-electron chi connectivity index (χ3n) is 7.65. The highest BCUT2D eigenvalue weighted by atomic mass is 16.6. The molecule has 0 aromatic rings. The molecule has 6 heteroatoms. The molecule has 0 spiro atoms. The summed E-state index contributed by atoms with van der Waals surface area (Å²) in [6, 6.07) is 0. The number of allylic oxidation sites excluding steroid dienone is 5. The van der Waals surface area contributed by atoms with Crippen LogP contribution in [0.15, 0.2) is 35.5 Å². The summed E-state index contributed by atoms with van der Waals surface area (Å²) in [5, 5.41) is 10.3. The monoisotopic (exact) mass is 502 g/mol. The number of nitrogens with zero attached hydrogens (tertiary/aromatic N) is 2. The van der Waals surface area contributed by atoms with Gasteiger partial charge in [-0.05, 0) is 103 Å². The standard InChI is InChI=1S/C30H50N2O4/c1-5-25(26-11-9-12-27(15-14-26)28(33)31-18-7-6-8-19-31)13-10-22-35-23-24-16-20-32(21-17-24)29(34)36-30(2,3)4/h5,10-11,13,24,27,29,34H,6-9,12,14-23H2,1-4H3/b13-10-,25-5+/t27?,29-/m0/s1.